The minimum absolute atomic E-state index is 0.0276. The zero-order valence-electron chi connectivity index (χ0n) is 14.9. The fourth-order valence-corrected chi connectivity index (χ4v) is 2.65. The fraction of sp³-hybridized carbons (Fsp3) is 0.167. The number of imidazole rings is 1. The van der Waals surface area contributed by atoms with E-state index in [9.17, 15) is 14.9 Å². The molecular weight excluding hydrogens is 348 g/mol. The van der Waals surface area contributed by atoms with Crippen molar-refractivity contribution < 1.29 is 9.72 Å². The third kappa shape index (κ3) is 4.09. The van der Waals surface area contributed by atoms with E-state index in [0.29, 0.717) is 11.3 Å². The summed E-state index contributed by atoms with van der Waals surface area (Å²) in [5, 5.41) is 15.1. The van der Waals surface area contributed by atoms with Gasteiger partial charge >= 0.3 is 0 Å². The highest BCUT2D eigenvalue weighted by Gasteiger charge is 2.15. The lowest BCUT2D eigenvalue weighted by molar-refractivity contribution is -0.384. The van der Waals surface area contributed by atoms with Crippen LogP contribution in [0, 0.1) is 10.1 Å². The zero-order valence-corrected chi connectivity index (χ0v) is 14.9. The van der Waals surface area contributed by atoms with E-state index in [0.717, 1.165) is 11.0 Å². The van der Waals surface area contributed by atoms with Crippen LogP contribution in [-0.4, -0.2) is 40.7 Å². The first-order chi connectivity index (χ1) is 13.0. The van der Waals surface area contributed by atoms with Gasteiger partial charge in [-0.3, -0.25) is 14.9 Å². The number of hydrogen-bond acceptors (Lipinski definition) is 6. The van der Waals surface area contributed by atoms with Crippen molar-refractivity contribution in [1.29, 1.82) is 0 Å². The third-order valence-electron chi connectivity index (χ3n) is 3.92. The number of nitrogens with zero attached hydrogens (tertiary/aromatic N) is 5. The second-order valence-electron chi connectivity index (χ2n) is 6.05. The van der Waals surface area contributed by atoms with E-state index in [2.05, 4.69) is 15.5 Å². The van der Waals surface area contributed by atoms with Crippen molar-refractivity contribution in [1.82, 2.24) is 15.0 Å². The van der Waals surface area contributed by atoms with E-state index in [4.69, 9.17) is 0 Å². The SMILES string of the molecule is CN(C)c1ccc(/C=N/NC(=O)Cn2cnc3ccccc32)cc1[N+](=O)[O-]. The Morgan fingerprint density at radius 1 is 1.33 bits per heavy atom. The van der Waals surface area contributed by atoms with Crippen LogP contribution in [0.25, 0.3) is 11.0 Å². The molecule has 1 aromatic heterocycles. The van der Waals surface area contributed by atoms with E-state index in [1.165, 1.54) is 12.3 Å². The maximum Gasteiger partial charge on any atom is 0.293 e. The molecule has 3 aromatic rings. The Morgan fingerprint density at radius 3 is 2.85 bits per heavy atom. The van der Waals surface area contributed by atoms with Crippen molar-refractivity contribution in [3.8, 4) is 0 Å². The maximum absolute atomic E-state index is 12.1. The number of fused-ring (bicyclic) bond motifs is 1. The van der Waals surface area contributed by atoms with E-state index in [1.54, 1.807) is 42.0 Å². The van der Waals surface area contributed by atoms with Crippen LogP contribution >= 0.6 is 0 Å². The van der Waals surface area contributed by atoms with Gasteiger partial charge in [-0.15, -0.1) is 0 Å². The molecule has 0 bridgehead atoms. The zero-order chi connectivity index (χ0) is 19.4. The lowest BCUT2D eigenvalue weighted by atomic mass is 10.2. The van der Waals surface area contributed by atoms with Crippen LogP contribution in [0.1, 0.15) is 5.56 Å². The van der Waals surface area contributed by atoms with Crippen molar-refractivity contribution in [2.24, 2.45) is 5.10 Å². The van der Waals surface area contributed by atoms with Gasteiger partial charge in [0.2, 0.25) is 0 Å². The van der Waals surface area contributed by atoms with Crippen LogP contribution in [-0.2, 0) is 11.3 Å². The Hall–Kier alpha value is -3.75. The predicted molar refractivity (Wildman–Crippen MR) is 103 cm³/mol. The van der Waals surface area contributed by atoms with Gasteiger partial charge in [0.05, 0.1) is 28.5 Å². The normalized spacial score (nSPS) is 11.0. The van der Waals surface area contributed by atoms with E-state index >= 15 is 0 Å². The first kappa shape index (κ1) is 18.1. The number of nitrogens with one attached hydrogen (secondary N) is 1. The summed E-state index contributed by atoms with van der Waals surface area (Å²) in [5.41, 5.74) is 5.06. The number of nitro groups is 1. The number of nitro benzene ring substituents is 1. The molecule has 0 radical (unpaired) electrons. The average Bonchev–Trinajstić information content (AvgIpc) is 3.04. The smallest absolute Gasteiger partial charge is 0.293 e. The van der Waals surface area contributed by atoms with Crippen LogP contribution in [0.4, 0.5) is 11.4 Å². The minimum Gasteiger partial charge on any atom is -0.372 e. The van der Waals surface area contributed by atoms with Gasteiger partial charge in [0.25, 0.3) is 11.6 Å². The molecule has 0 aliphatic carbocycles. The Morgan fingerprint density at radius 2 is 2.11 bits per heavy atom. The molecule has 9 nitrogen and oxygen atoms in total. The Labute approximate surface area is 155 Å². The number of benzene rings is 2. The van der Waals surface area contributed by atoms with Crippen LogP contribution in [0.3, 0.4) is 0 Å². The molecular formula is C18H18N6O3. The summed E-state index contributed by atoms with van der Waals surface area (Å²) >= 11 is 0. The van der Waals surface area contributed by atoms with E-state index in [-0.39, 0.29) is 18.1 Å². The van der Waals surface area contributed by atoms with Crippen LogP contribution in [0.15, 0.2) is 53.9 Å². The lowest BCUT2D eigenvalue weighted by Crippen LogP contribution is -2.22. The van der Waals surface area contributed by atoms with E-state index in [1.807, 2.05) is 24.3 Å². The summed E-state index contributed by atoms with van der Waals surface area (Å²) in [6.45, 7) is 0.0670. The number of carbonyl (C=O) groups excluding carboxylic acids is 1. The van der Waals surface area contributed by atoms with Crippen molar-refractivity contribution in [2.45, 2.75) is 6.54 Å². The molecule has 1 N–H and O–H groups in total. The van der Waals surface area contributed by atoms with Crippen LogP contribution in [0.5, 0.6) is 0 Å². The summed E-state index contributed by atoms with van der Waals surface area (Å²) in [4.78, 5) is 28.7. The number of amides is 1. The van der Waals surface area contributed by atoms with Crippen LogP contribution < -0.4 is 10.3 Å². The van der Waals surface area contributed by atoms with E-state index < -0.39 is 4.92 Å². The van der Waals surface area contributed by atoms with Crippen molar-refractivity contribution >= 4 is 34.5 Å². The first-order valence-corrected chi connectivity index (χ1v) is 8.13. The largest absolute Gasteiger partial charge is 0.372 e. The monoisotopic (exact) mass is 366 g/mol. The van der Waals surface area contributed by atoms with Gasteiger partial charge in [-0.2, -0.15) is 5.10 Å². The molecule has 1 amide bonds. The molecule has 0 saturated heterocycles. The maximum atomic E-state index is 12.1. The van der Waals surface area contributed by atoms with Crippen molar-refractivity contribution in [3.05, 3.63) is 64.5 Å². The highest BCUT2D eigenvalue weighted by molar-refractivity contribution is 5.85. The Balaban J connectivity index is 1.67. The highest BCUT2D eigenvalue weighted by atomic mass is 16.6. The topological polar surface area (TPSA) is 106 Å². The molecule has 3 rings (SSSR count). The number of rotatable bonds is 6. The van der Waals surface area contributed by atoms with Gasteiger partial charge in [-0.1, -0.05) is 18.2 Å². The molecule has 0 unspecified atom stereocenters. The van der Waals surface area contributed by atoms with Gasteiger partial charge in [0.15, 0.2) is 0 Å². The van der Waals surface area contributed by atoms with Crippen molar-refractivity contribution in [3.63, 3.8) is 0 Å². The standard InChI is InChI=1S/C18H18N6O3/c1-22(2)16-8-7-13(9-17(16)24(26)27)10-20-21-18(25)11-23-12-19-14-5-3-4-6-15(14)23/h3-10,12H,11H2,1-2H3,(H,21,25)/b20-10+. The second-order valence-corrected chi connectivity index (χ2v) is 6.05. The molecule has 9 heteroatoms. The van der Waals surface area contributed by atoms with Crippen LogP contribution in [0.2, 0.25) is 0 Å². The van der Waals surface area contributed by atoms with Gasteiger partial charge in [0, 0.05) is 25.7 Å². The number of hydrazone groups is 1. The number of carbonyl (C=O) groups is 1. The quantitative estimate of drug-likeness (QED) is 0.409. The minimum atomic E-state index is -0.449. The summed E-state index contributed by atoms with van der Waals surface area (Å²) in [6, 6.07) is 12.2. The molecule has 1 heterocycles. The van der Waals surface area contributed by atoms with Gasteiger partial charge in [-0.25, -0.2) is 10.4 Å². The van der Waals surface area contributed by atoms with Crippen molar-refractivity contribution in [2.75, 3.05) is 19.0 Å². The lowest BCUT2D eigenvalue weighted by Gasteiger charge is -2.12. The molecule has 0 aliphatic rings. The predicted octanol–water partition coefficient (Wildman–Crippen LogP) is 2.16. The molecule has 0 spiro atoms. The summed E-state index contributed by atoms with van der Waals surface area (Å²) in [6.07, 6.45) is 2.97. The second kappa shape index (κ2) is 7.65. The fourth-order valence-electron chi connectivity index (χ4n) is 2.65. The average molecular weight is 366 g/mol. The molecule has 27 heavy (non-hydrogen) atoms. The number of hydrogen-bond donors (Lipinski definition) is 1. The van der Waals surface area contributed by atoms with Gasteiger partial charge < -0.3 is 9.47 Å². The summed E-state index contributed by atoms with van der Waals surface area (Å²) in [5.74, 6) is -0.325. The Kier molecular flexibility index (Phi) is 5.11. The number of aromatic nitrogens is 2. The molecule has 0 atom stereocenters. The molecule has 0 saturated carbocycles. The molecule has 0 aliphatic heterocycles. The number of anilines is 1. The van der Waals surface area contributed by atoms with Gasteiger partial charge in [-0.05, 0) is 18.2 Å². The molecule has 138 valence electrons. The van der Waals surface area contributed by atoms with Gasteiger partial charge in [0.1, 0.15) is 12.2 Å². The highest BCUT2D eigenvalue weighted by Crippen LogP contribution is 2.27. The molecule has 2 aromatic carbocycles. The number of para-hydroxylation sites is 2. The third-order valence-corrected chi connectivity index (χ3v) is 3.92. The first-order valence-electron chi connectivity index (χ1n) is 8.13. The summed E-state index contributed by atoms with van der Waals surface area (Å²) in [7, 11) is 3.46. The Bertz CT molecular complexity index is 1020. The molecule has 0 fully saturated rings. The summed E-state index contributed by atoms with van der Waals surface area (Å²) < 4.78 is 1.72.